The van der Waals surface area contributed by atoms with Crippen molar-refractivity contribution in [3.63, 3.8) is 0 Å². The van der Waals surface area contributed by atoms with E-state index in [9.17, 15) is 13.6 Å². The molecule has 2 aromatic rings. The number of nitrogens with zero attached hydrogens (tertiary/aromatic N) is 2. The number of ether oxygens (including phenoxy) is 1. The van der Waals surface area contributed by atoms with Crippen molar-refractivity contribution in [2.45, 2.75) is 13.0 Å². The zero-order valence-electron chi connectivity index (χ0n) is 13.2. The molecule has 3 rings (SSSR count). The molecule has 0 saturated carbocycles. The first-order chi connectivity index (χ1) is 11.6. The standard InChI is InChI=1S/C17H19F2N3O2/c18-14-1-2-16(19)13(6-14)9-22-3-4-24-10-12(8-22)5-15-7-17(23)21-11-20-15/h1-2,6-7,11-12H,3-5,8-10H2,(H,20,21,23)/t12-/m1/s1. The van der Waals surface area contributed by atoms with Crippen molar-refractivity contribution < 1.29 is 13.5 Å². The summed E-state index contributed by atoms with van der Waals surface area (Å²) < 4.78 is 32.8. The second kappa shape index (κ2) is 7.63. The Morgan fingerprint density at radius 3 is 3.04 bits per heavy atom. The maximum absolute atomic E-state index is 13.8. The summed E-state index contributed by atoms with van der Waals surface area (Å²) in [6.45, 7) is 2.73. The van der Waals surface area contributed by atoms with Crippen molar-refractivity contribution in [1.29, 1.82) is 0 Å². The van der Waals surface area contributed by atoms with E-state index in [1.54, 1.807) is 0 Å². The minimum atomic E-state index is -0.443. The Morgan fingerprint density at radius 1 is 1.33 bits per heavy atom. The molecular weight excluding hydrogens is 316 g/mol. The number of benzene rings is 1. The zero-order valence-corrected chi connectivity index (χ0v) is 13.2. The number of aromatic nitrogens is 2. The summed E-state index contributed by atoms with van der Waals surface area (Å²) in [5, 5.41) is 0. The quantitative estimate of drug-likeness (QED) is 0.925. The number of nitrogens with one attached hydrogen (secondary N) is 1. The third-order valence-electron chi connectivity index (χ3n) is 4.06. The van der Waals surface area contributed by atoms with Gasteiger partial charge in [0.1, 0.15) is 11.6 Å². The van der Waals surface area contributed by atoms with Gasteiger partial charge < -0.3 is 9.72 Å². The van der Waals surface area contributed by atoms with Crippen molar-refractivity contribution in [2.75, 3.05) is 26.3 Å². The van der Waals surface area contributed by atoms with Crippen LogP contribution >= 0.6 is 0 Å². The molecule has 1 aromatic heterocycles. The van der Waals surface area contributed by atoms with Crippen LogP contribution in [0.15, 0.2) is 35.4 Å². The lowest BCUT2D eigenvalue weighted by Gasteiger charge is -2.23. The van der Waals surface area contributed by atoms with Crippen LogP contribution in [0.3, 0.4) is 0 Å². The molecule has 1 aromatic carbocycles. The van der Waals surface area contributed by atoms with Crippen LogP contribution in [0.25, 0.3) is 0 Å². The molecule has 1 aliphatic rings. The predicted octanol–water partition coefficient (Wildman–Crippen LogP) is 1.74. The van der Waals surface area contributed by atoms with E-state index in [0.717, 1.165) is 12.1 Å². The normalized spacial score (nSPS) is 19.2. The fraction of sp³-hybridized carbons (Fsp3) is 0.412. The molecule has 0 bridgehead atoms. The van der Waals surface area contributed by atoms with Crippen LogP contribution in [-0.4, -0.2) is 41.2 Å². The van der Waals surface area contributed by atoms with Crippen molar-refractivity contribution in [2.24, 2.45) is 5.92 Å². The highest BCUT2D eigenvalue weighted by Gasteiger charge is 2.21. The molecule has 0 radical (unpaired) electrons. The van der Waals surface area contributed by atoms with Gasteiger partial charge in [-0.15, -0.1) is 0 Å². The van der Waals surface area contributed by atoms with Crippen LogP contribution < -0.4 is 5.56 Å². The van der Waals surface area contributed by atoms with Crippen LogP contribution in [-0.2, 0) is 17.7 Å². The molecule has 1 atom stereocenters. The van der Waals surface area contributed by atoms with Crippen LogP contribution in [0.4, 0.5) is 8.78 Å². The predicted molar refractivity (Wildman–Crippen MR) is 84.5 cm³/mol. The van der Waals surface area contributed by atoms with Crippen LogP contribution in [0.2, 0.25) is 0 Å². The third-order valence-corrected chi connectivity index (χ3v) is 4.06. The summed E-state index contributed by atoms with van der Waals surface area (Å²) in [5.74, 6) is -0.713. The summed E-state index contributed by atoms with van der Waals surface area (Å²) >= 11 is 0. The molecule has 0 aliphatic carbocycles. The van der Waals surface area contributed by atoms with E-state index >= 15 is 0 Å². The van der Waals surface area contributed by atoms with Gasteiger partial charge in [-0.05, 0) is 24.6 Å². The minimum Gasteiger partial charge on any atom is -0.380 e. The van der Waals surface area contributed by atoms with E-state index in [1.165, 1.54) is 18.5 Å². The molecule has 1 saturated heterocycles. The first kappa shape index (κ1) is 16.7. The van der Waals surface area contributed by atoms with Gasteiger partial charge in [0.15, 0.2) is 0 Å². The van der Waals surface area contributed by atoms with Crippen molar-refractivity contribution in [1.82, 2.24) is 14.9 Å². The number of rotatable bonds is 4. The molecular formula is C17H19F2N3O2. The van der Waals surface area contributed by atoms with E-state index in [-0.39, 0.29) is 11.5 Å². The van der Waals surface area contributed by atoms with Gasteiger partial charge >= 0.3 is 0 Å². The first-order valence-electron chi connectivity index (χ1n) is 7.88. The minimum absolute atomic E-state index is 0.137. The van der Waals surface area contributed by atoms with E-state index in [1.807, 2.05) is 4.90 Å². The maximum atomic E-state index is 13.8. The largest absolute Gasteiger partial charge is 0.380 e. The van der Waals surface area contributed by atoms with Gasteiger partial charge in [0, 0.05) is 42.9 Å². The van der Waals surface area contributed by atoms with Gasteiger partial charge in [0.25, 0.3) is 5.56 Å². The molecule has 7 heteroatoms. The van der Waals surface area contributed by atoms with Crippen LogP contribution in [0.5, 0.6) is 0 Å². The summed E-state index contributed by atoms with van der Waals surface area (Å²) in [7, 11) is 0. The molecule has 0 spiro atoms. The highest BCUT2D eigenvalue weighted by molar-refractivity contribution is 5.18. The van der Waals surface area contributed by atoms with Gasteiger partial charge in [-0.25, -0.2) is 13.8 Å². The number of hydrogen-bond donors (Lipinski definition) is 1. The summed E-state index contributed by atoms with van der Waals surface area (Å²) in [6.07, 6.45) is 1.99. The van der Waals surface area contributed by atoms with Gasteiger partial charge in [-0.3, -0.25) is 9.69 Å². The SMILES string of the molecule is O=c1cc(C[C@H]2COCCN(Cc3cc(F)ccc3F)C2)nc[nH]1. The molecule has 24 heavy (non-hydrogen) atoms. The Labute approximate surface area is 138 Å². The average molecular weight is 335 g/mol. The van der Waals surface area contributed by atoms with Gasteiger partial charge in [-0.2, -0.15) is 0 Å². The van der Waals surface area contributed by atoms with E-state index in [2.05, 4.69) is 9.97 Å². The van der Waals surface area contributed by atoms with Gasteiger partial charge in [0.2, 0.25) is 0 Å². The van der Waals surface area contributed by atoms with Crippen LogP contribution in [0, 0.1) is 17.6 Å². The average Bonchev–Trinajstić information content (AvgIpc) is 2.76. The molecule has 5 nitrogen and oxygen atoms in total. The van der Waals surface area contributed by atoms with Gasteiger partial charge in [0.05, 0.1) is 19.5 Å². The van der Waals surface area contributed by atoms with E-state index in [0.29, 0.717) is 50.5 Å². The summed E-state index contributed by atoms with van der Waals surface area (Å²) in [5.41, 5.74) is 0.851. The zero-order chi connectivity index (χ0) is 16.9. The maximum Gasteiger partial charge on any atom is 0.250 e. The molecule has 128 valence electrons. The molecule has 1 aliphatic heterocycles. The van der Waals surface area contributed by atoms with Crippen molar-refractivity contribution in [3.05, 3.63) is 63.8 Å². The topological polar surface area (TPSA) is 58.2 Å². The Balaban J connectivity index is 1.68. The highest BCUT2D eigenvalue weighted by Crippen LogP contribution is 2.17. The number of aromatic amines is 1. The highest BCUT2D eigenvalue weighted by atomic mass is 19.1. The third kappa shape index (κ3) is 4.46. The van der Waals surface area contributed by atoms with Gasteiger partial charge in [-0.1, -0.05) is 0 Å². The number of H-pyrrole nitrogens is 1. The molecule has 1 fully saturated rings. The monoisotopic (exact) mass is 335 g/mol. The van der Waals surface area contributed by atoms with Crippen molar-refractivity contribution >= 4 is 0 Å². The molecule has 2 heterocycles. The number of halogens is 2. The van der Waals surface area contributed by atoms with Crippen molar-refractivity contribution in [3.8, 4) is 0 Å². The second-order valence-corrected chi connectivity index (χ2v) is 6.02. The lowest BCUT2D eigenvalue weighted by atomic mass is 10.0. The Kier molecular flexibility index (Phi) is 5.32. The van der Waals surface area contributed by atoms with E-state index < -0.39 is 11.6 Å². The van der Waals surface area contributed by atoms with Crippen LogP contribution in [0.1, 0.15) is 11.3 Å². The fourth-order valence-electron chi connectivity index (χ4n) is 2.94. The first-order valence-corrected chi connectivity index (χ1v) is 7.88. The Bertz CT molecular complexity index is 751. The molecule has 0 amide bonds. The van der Waals surface area contributed by atoms with E-state index in [4.69, 9.17) is 4.74 Å². The summed E-state index contributed by atoms with van der Waals surface area (Å²) in [6, 6.07) is 4.97. The molecule has 0 unspecified atom stereocenters. The summed E-state index contributed by atoms with van der Waals surface area (Å²) in [4.78, 5) is 20.1. The number of hydrogen-bond acceptors (Lipinski definition) is 4. The molecule has 1 N–H and O–H groups in total. The Hall–Kier alpha value is -2.12. The fourth-order valence-corrected chi connectivity index (χ4v) is 2.94. The lowest BCUT2D eigenvalue weighted by Crippen LogP contribution is -2.31. The Morgan fingerprint density at radius 2 is 2.21 bits per heavy atom. The lowest BCUT2D eigenvalue weighted by molar-refractivity contribution is 0.121. The second-order valence-electron chi connectivity index (χ2n) is 6.02. The smallest absolute Gasteiger partial charge is 0.250 e.